The highest BCUT2D eigenvalue weighted by Crippen LogP contribution is 2.31. The van der Waals surface area contributed by atoms with Crippen LogP contribution in [-0.2, 0) is 4.74 Å². The van der Waals surface area contributed by atoms with Gasteiger partial charge in [0.05, 0.1) is 12.9 Å². The van der Waals surface area contributed by atoms with Gasteiger partial charge in [0.15, 0.2) is 17.7 Å². The van der Waals surface area contributed by atoms with Crippen LogP contribution >= 0.6 is 22.6 Å². The van der Waals surface area contributed by atoms with Gasteiger partial charge >= 0.3 is 0 Å². The van der Waals surface area contributed by atoms with Crippen molar-refractivity contribution < 1.29 is 19.8 Å². The summed E-state index contributed by atoms with van der Waals surface area (Å²) in [5, 5.41) is 20.9. The molecule has 9 nitrogen and oxygen atoms in total. The van der Waals surface area contributed by atoms with Crippen molar-refractivity contribution in [2.75, 3.05) is 29.8 Å². The Balaban J connectivity index is 1.82. The van der Waals surface area contributed by atoms with Crippen molar-refractivity contribution in [2.24, 2.45) is 0 Å². The summed E-state index contributed by atoms with van der Waals surface area (Å²) in [6.45, 7) is 1.90. The number of aromatic nitrogens is 4. The summed E-state index contributed by atoms with van der Waals surface area (Å²) in [5.41, 5.74) is 6.67. The molecule has 2 aromatic rings. The lowest BCUT2D eigenvalue weighted by Gasteiger charge is -2.21. The van der Waals surface area contributed by atoms with Gasteiger partial charge in [-0.25, -0.2) is 15.0 Å². The van der Waals surface area contributed by atoms with E-state index in [2.05, 4.69) is 43.5 Å². The number of aliphatic hydroxyl groups excluding tert-OH is 2. The Labute approximate surface area is 158 Å². The zero-order chi connectivity index (χ0) is 18.0. The fraction of sp³-hybridized carbons (Fsp3) is 0.533. The van der Waals surface area contributed by atoms with Crippen LogP contribution in [0.2, 0.25) is 0 Å². The maximum atomic E-state index is 10.5. The number of hydrogen-bond donors (Lipinski definition) is 4. The van der Waals surface area contributed by atoms with Crippen molar-refractivity contribution in [1.82, 2.24) is 19.5 Å². The zero-order valence-electron chi connectivity index (χ0n) is 13.4. The van der Waals surface area contributed by atoms with Gasteiger partial charge in [-0.15, -0.1) is 6.42 Å². The Morgan fingerprint density at radius 3 is 2.88 bits per heavy atom. The van der Waals surface area contributed by atoms with Crippen molar-refractivity contribution in [3.05, 3.63) is 12.7 Å². The van der Waals surface area contributed by atoms with Crippen molar-refractivity contribution in [3.8, 4) is 12.3 Å². The first-order valence-corrected chi connectivity index (χ1v) is 9.37. The molecular weight excluding hydrogens is 439 g/mol. The van der Waals surface area contributed by atoms with E-state index in [-0.39, 0.29) is 5.82 Å². The average Bonchev–Trinajstić information content (AvgIpc) is 3.13. The van der Waals surface area contributed by atoms with E-state index in [4.69, 9.17) is 16.9 Å². The lowest BCUT2D eigenvalue weighted by atomic mass is 10.1. The number of nitrogens with two attached hydrogens (primary N) is 1. The van der Waals surface area contributed by atoms with Gasteiger partial charge in [-0.3, -0.25) is 4.57 Å². The molecule has 0 bridgehead atoms. The molecule has 0 aromatic carbocycles. The van der Waals surface area contributed by atoms with Crippen molar-refractivity contribution in [2.45, 2.75) is 24.5 Å². The number of nitrogens with zero attached hydrogens (tertiary/aromatic N) is 4. The molecular formula is C15H20IN6O3+. The van der Waals surface area contributed by atoms with Crippen LogP contribution in [0.25, 0.3) is 11.2 Å². The minimum Gasteiger partial charge on any atom is -0.387 e. The predicted molar refractivity (Wildman–Crippen MR) is 98.9 cm³/mol. The fourth-order valence-corrected chi connectivity index (χ4v) is 3.77. The largest absolute Gasteiger partial charge is 0.387 e. The number of ether oxygens (including phenoxy) is 1. The Morgan fingerprint density at radius 2 is 2.16 bits per heavy atom. The van der Waals surface area contributed by atoms with E-state index < -0.39 is 24.5 Å². The lowest BCUT2D eigenvalue weighted by Crippen LogP contribution is -3.13. The van der Waals surface area contributed by atoms with E-state index >= 15 is 0 Å². The van der Waals surface area contributed by atoms with Gasteiger partial charge < -0.3 is 25.6 Å². The minimum atomic E-state index is -1.11. The molecule has 2 unspecified atom stereocenters. The average molecular weight is 459 g/mol. The van der Waals surface area contributed by atoms with E-state index in [1.54, 1.807) is 4.57 Å². The SMILES string of the molecule is C#CC[NH+](CCI)C[C@H]1O[C@@H](n2cnc3c(N)ncnc32)[C@@H](O)C1O. The number of imidazole rings is 1. The van der Waals surface area contributed by atoms with Crippen LogP contribution in [0.1, 0.15) is 6.23 Å². The third-order valence-electron chi connectivity index (χ3n) is 4.29. The topological polar surface area (TPSA) is 124 Å². The first kappa shape index (κ1) is 18.3. The molecule has 1 aliphatic heterocycles. The summed E-state index contributed by atoms with van der Waals surface area (Å²) in [6, 6.07) is 0. The zero-order valence-corrected chi connectivity index (χ0v) is 15.6. The molecule has 3 heterocycles. The summed E-state index contributed by atoms with van der Waals surface area (Å²) < 4.78 is 8.44. The van der Waals surface area contributed by atoms with Crippen LogP contribution < -0.4 is 10.6 Å². The number of halogens is 1. The Kier molecular flexibility index (Phi) is 5.70. The second-order valence-corrected chi connectivity index (χ2v) is 6.98. The first-order valence-electron chi connectivity index (χ1n) is 7.84. The number of nitrogen functional groups attached to an aromatic ring is 1. The molecule has 2 aromatic heterocycles. The molecule has 0 spiro atoms. The molecule has 5 atom stereocenters. The molecule has 5 N–H and O–H groups in total. The Hall–Kier alpha value is -1.52. The summed E-state index contributed by atoms with van der Waals surface area (Å²) in [6.07, 6.45) is 4.75. The molecule has 1 saturated heterocycles. The predicted octanol–water partition coefficient (Wildman–Crippen LogP) is -2.02. The molecule has 0 aliphatic carbocycles. The monoisotopic (exact) mass is 459 g/mol. The summed E-state index contributed by atoms with van der Waals surface area (Å²) in [5.74, 6) is 2.89. The van der Waals surface area contributed by atoms with Gasteiger partial charge in [0.1, 0.15) is 43.2 Å². The van der Waals surface area contributed by atoms with E-state index in [0.29, 0.717) is 24.3 Å². The summed E-state index contributed by atoms with van der Waals surface area (Å²) in [4.78, 5) is 13.3. The highest BCUT2D eigenvalue weighted by Gasteiger charge is 2.45. The number of fused-ring (bicyclic) bond motifs is 1. The van der Waals surface area contributed by atoms with Crippen molar-refractivity contribution in [1.29, 1.82) is 0 Å². The minimum absolute atomic E-state index is 0.250. The van der Waals surface area contributed by atoms with Crippen molar-refractivity contribution >= 4 is 39.6 Å². The molecule has 0 amide bonds. The van der Waals surface area contributed by atoms with Crippen LogP contribution in [0.4, 0.5) is 5.82 Å². The summed E-state index contributed by atoms with van der Waals surface area (Å²) in [7, 11) is 0. The number of rotatable bonds is 6. The van der Waals surface area contributed by atoms with Gasteiger partial charge in [0, 0.05) is 4.43 Å². The lowest BCUT2D eigenvalue weighted by molar-refractivity contribution is -0.893. The number of quaternary nitrogens is 1. The van der Waals surface area contributed by atoms with Gasteiger partial charge in [-0.05, 0) is 5.92 Å². The maximum absolute atomic E-state index is 10.5. The second kappa shape index (κ2) is 7.79. The molecule has 0 radical (unpaired) electrons. The van der Waals surface area contributed by atoms with Crippen molar-refractivity contribution in [3.63, 3.8) is 0 Å². The number of terminal acetylenes is 1. The van der Waals surface area contributed by atoms with Gasteiger partial charge in [-0.1, -0.05) is 22.6 Å². The van der Waals surface area contributed by atoms with E-state index in [9.17, 15) is 10.2 Å². The quantitative estimate of drug-likeness (QED) is 0.224. The Morgan fingerprint density at radius 1 is 1.36 bits per heavy atom. The van der Waals surface area contributed by atoms with Crippen LogP contribution in [0, 0.1) is 12.3 Å². The fourth-order valence-electron chi connectivity index (χ4n) is 3.01. The normalized spacial score (nSPS) is 27.4. The van der Waals surface area contributed by atoms with Gasteiger partial charge in [0.25, 0.3) is 0 Å². The maximum Gasteiger partial charge on any atom is 0.167 e. The third kappa shape index (κ3) is 3.56. The van der Waals surface area contributed by atoms with Gasteiger partial charge in [0.2, 0.25) is 0 Å². The van der Waals surface area contributed by atoms with Crippen LogP contribution in [0.5, 0.6) is 0 Å². The number of alkyl halides is 1. The number of hydrogen-bond acceptors (Lipinski definition) is 7. The highest BCUT2D eigenvalue weighted by molar-refractivity contribution is 14.1. The van der Waals surface area contributed by atoms with E-state index in [1.165, 1.54) is 12.7 Å². The number of aliphatic hydroxyl groups is 2. The number of nitrogens with one attached hydrogen (secondary N) is 1. The molecule has 10 heteroatoms. The molecule has 1 fully saturated rings. The molecule has 134 valence electrons. The number of anilines is 1. The van der Waals surface area contributed by atoms with E-state index in [1.807, 2.05) is 0 Å². The smallest absolute Gasteiger partial charge is 0.167 e. The standard InChI is InChI=1S/C15H19IN6O3/c1-2-4-21(5-3-16)6-9-11(23)12(24)15(25-9)22-8-20-10-13(17)18-7-19-14(10)22/h1,7-9,11-12,15,23-24H,3-6H2,(H2,17,18,19)/p+1/t9-,11?,12+,15-/m1/s1. The van der Waals surface area contributed by atoms with Crippen LogP contribution in [0.15, 0.2) is 12.7 Å². The molecule has 3 rings (SSSR count). The highest BCUT2D eigenvalue weighted by atomic mass is 127. The molecule has 25 heavy (non-hydrogen) atoms. The molecule has 0 saturated carbocycles. The summed E-state index contributed by atoms with van der Waals surface area (Å²) >= 11 is 2.28. The van der Waals surface area contributed by atoms with Crippen LogP contribution in [0.3, 0.4) is 0 Å². The third-order valence-corrected chi connectivity index (χ3v) is 4.83. The molecule has 1 aliphatic rings. The van der Waals surface area contributed by atoms with Gasteiger partial charge in [-0.2, -0.15) is 0 Å². The van der Waals surface area contributed by atoms with E-state index in [0.717, 1.165) is 15.9 Å². The first-order chi connectivity index (χ1) is 12.1. The second-order valence-electron chi connectivity index (χ2n) is 5.90. The Bertz CT molecular complexity index is 778. The van der Waals surface area contributed by atoms with Crippen LogP contribution in [-0.4, -0.2) is 72.1 Å².